The zero-order chi connectivity index (χ0) is 14.8. The number of nitrogens with zero attached hydrogens (tertiary/aromatic N) is 2. The van der Waals surface area contributed by atoms with Gasteiger partial charge in [0.15, 0.2) is 0 Å². The highest BCUT2D eigenvalue weighted by atomic mass is 19.1. The number of hydrogen-bond acceptors (Lipinski definition) is 3. The zero-order valence-corrected chi connectivity index (χ0v) is 11.8. The van der Waals surface area contributed by atoms with Gasteiger partial charge in [0, 0.05) is 19.2 Å². The van der Waals surface area contributed by atoms with Gasteiger partial charge < -0.3 is 15.1 Å². The van der Waals surface area contributed by atoms with E-state index in [2.05, 4.69) is 4.90 Å². The van der Waals surface area contributed by atoms with E-state index in [0.717, 1.165) is 25.9 Å². The summed E-state index contributed by atoms with van der Waals surface area (Å²) in [6.07, 6.45) is 4.56. The smallest absolute Gasteiger partial charge is 0.223 e. The zero-order valence-electron chi connectivity index (χ0n) is 11.8. The van der Waals surface area contributed by atoms with Crippen molar-refractivity contribution in [3.05, 3.63) is 36.1 Å². The van der Waals surface area contributed by atoms with Crippen LogP contribution in [-0.4, -0.2) is 27.9 Å². The van der Waals surface area contributed by atoms with E-state index < -0.39 is 0 Å². The summed E-state index contributed by atoms with van der Waals surface area (Å²) in [6, 6.07) is 7.24. The molecule has 0 aliphatic carbocycles. The highest BCUT2D eigenvalue weighted by Crippen LogP contribution is 2.38. The number of halogens is 1. The molecule has 1 aliphatic heterocycles. The number of hydrogen-bond donors (Lipinski definition) is 2. The van der Waals surface area contributed by atoms with Crippen molar-refractivity contribution in [3.8, 4) is 17.4 Å². The molecule has 2 aromatic rings. The first-order chi connectivity index (χ1) is 10.2. The quantitative estimate of drug-likeness (QED) is 0.891. The molecule has 112 valence electrons. The third-order valence-corrected chi connectivity index (χ3v) is 3.97. The molecule has 1 fully saturated rings. The lowest BCUT2D eigenvalue weighted by Gasteiger charge is -2.21. The topological polar surface area (TPSA) is 48.6 Å². The Morgan fingerprint density at radius 3 is 2.14 bits per heavy atom. The molecular formula is C16H19FN2O2. The highest BCUT2D eigenvalue weighted by molar-refractivity contribution is 5.63. The lowest BCUT2D eigenvalue weighted by molar-refractivity contribution is 0.402. The van der Waals surface area contributed by atoms with Crippen molar-refractivity contribution < 1.29 is 14.6 Å². The minimum atomic E-state index is -0.349. The maximum absolute atomic E-state index is 13.0. The van der Waals surface area contributed by atoms with Crippen molar-refractivity contribution in [1.29, 1.82) is 0 Å². The van der Waals surface area contributed by atoms with Crippen LogP contribution in [0.1, 0.15) is 25.7 Å². The molecule has 0 spiro atoms. The molecule has 0 amide bonds. The predicted molar refractivity (Wildman–Crippen MR) is 79.7 cm³/mol. The fourth-order valence-electron chi connectivity index (χ4n) is 2.86. The molecule has 0 unspecified atom stereocenters. The van der Waals surface area contributed by atoms with Gasteiger partial charge in [-0.15, -0.1) is 0 Å². The van der Waals surface area contributed by atoms with E-state index >= 15 is 0 Å². The monoisotopic (exact) mass is 290 g/mol. The van der Waals surface area contributed by atoms with E-state index in [-0.39, 0.29) is 17.6 Å². The standard InChI is InChI=1S/C16H19FN2O2/c17-12-5-7-13(8-6-12)19-15(20)11-14(16(19)21)18-9-3-1-2-4-10-18/h5-8,11,20-21H,1-4,9-10H2. The third kappa shape index (κ3) is 2.68. The third-order valence-electron chi connectivity index (χ3n) is 3.97. The molecule has 4 nitrogen and oxygen atoms in total. The van der Waals surface area contributed by atoms with Gasteiger partial charge in [-0.1, -0.05) is 12.8 Å². The Hall–Kier alpha value is -2.17. The van der Waals surface area contributed by atoms with Crippen LogP contribution in [0.3, 0.4) is 0 Å². The van der Waals surface area contributed by atoms with E-state index in [9.17, 15) is 14.6 Å². The second-order valence-electron chi connectivity index (χ2n) is 5.42. The van der Waals surface area contributed by atoms with Gasteiger partial charge in [-0.2, -0.15) is 0 Å². The first-order valence-electron chi connectivity index (χ1n) is 7.31. The number of rotatable bonds is 2. The van der Waals surface area contributed by atoms with E-state index in [1.807, 2.05) is 0 Å². The SMILES string of the molecule is Oc1cc(N2CCCCCC2)c(O)n1-c1ccc(F)cc1. The van der Waals surface area contributed by atoms with Gasteiger partial charge in [-0.05, 0) is 37.1 Å². The normalized spacial score (nSPS) is 16.0. The Balaban J connectivity index is 1.97. The highest BCUT2D eigenvalue weighted by Gasteiger charge is 2.21. The van der Waals surface area contributed by atoms with Gasteiger partial charge in [0.25, 0.3) is 0 Å². The average Bonchev–Trinajstić information content (AvgIpc) is 2.69. The van der Waals surface area contributed by atoms with Gasteiger partial charge in [0.1, 0.15) is 11.5 Å². The van der Waals surface area contributed by atoms with Crippen LogP contribution in [0.25, 0.3) is 5.69 Å². The summed E-state index contributed by atoms with van der Waals surface area (Å²) in [5, 5.41) is 20.6. The minimum Gasteiger partial charge on any atom is -0.494 e. The number of aromatic hydroxyl groups is 2. The molecule has 0 atom stereocenters. The molecule has 3 rings (SSSR count). The molecule has 1 aromatic heterocycles. The van der Waals surface area contributed by atoms with Crippen molar-refractivity contribution in [2.24, 2.45) is 0 Å². The van der Waals surface area contributed by atoms with Crippen LogP contribution in [-0.2, 0) is 0 Å². The van der Waals surface area contributed by atoms with Crippen LogP contribution in [0.2, 0.25) is 0 Å². The summed E-state index contributed by atoms with van der Waals surface area (Å²) in [6.45, 7) is 1.75. The average molecular weight is 290 g/mol. The largest absolute Gasteiger partial charge is 0.494 e. The first-order valence-corrected chi connectivity index (χ1v) is 7.31. The van der Waals surface area contributed by atoms with Crippen molar-refractivity contribution in [2.75, 3.05) is 18.0 Å². The van der Waals surface area contributed by atoms with Crippen molar-refractivity contribution in [2.45, 2.75) is 25.7 Å². The molecule has 0 bridgehead atoms. The second kappa shape index (κ2) is 5.68. The molecule has 1 aliphatic rings. The molecule has 1 aromatic carbocycles. The Morgan fingerprint density at radius 1 is 0.905 bits per heavy atom. The van der Waals surface area contributed by atoms with E-state index in [0.29, 0.717) is 11.4 Å². The number of aromatic nitrogens is 1. The number of benzene rings is 1. The lowest BCUT2D eigenvalue weighted by Crippen LogP contribution is -2.23. The lowest BCUT2D eigenvalue weighted by atomic mass is 10.2. The Morgan fingerprint density at radius 2 is 1.52 bits per heavy atom. The van der Waals surface area contributed by atoms with E-state index in [1.54, 1.807) is 6.07 Å². The van der Waals surface area contributed by atoms with Crippen LogP contribution in [0.5, 0.6) is 11.8 Å². The summed E-state index contributed by atoms with van der Waals surface area (Å²) in [5.74, 6) is -0.392. The summed E-state index contributed by atoms with van der Waals surface area (Å²) in [4.78, 5) is 2.10. The molecular weight excluding hydrogens is 271 g/mol. The summed E-state index contributed by atoms with van der Waals surface area (Å²) in [5.41, 5.74) is 1.17. The molecule has 0 radical (unpaired) electrons. The maximum atomic E-state index is 13.0. The minimum absolute atomic E-state index is 0.000933. The Kier molecular flexibility index (Phi) is 3.73. The van der Waals surface area contributed by atoms with Crippen LogP contribution in [0.4, 0.5) is 10.1 Å². The summed E-state index contributed by atoms with van der Waals surface area (Å²) >= 11 is 0. The van der Waals surface area contributed by atoms with E-state index in [1.165, 1.54) is 41.7 Å². The number of anilines is 1. The predicted octanol–water partition coefficient (Wildman–Crippen LogP) is 3.41. The molecule has 0 saturated carbocycles. The molecule has 2 N–H and O–H groups in total. The van der Waals surface area contributed by atoms with Gasteiger partial charge >= 0.3 is 0 Å². The van der Waals surface area contributed by atoms with Gasteiger partial charge in [-0.3, -0.25) is 0 Å². The molecule has 1 saturated heterocycles. The van der Waals surface area contributed by atoms with Crippen molar-refractivity contribution in [1.82, 2.24) is 4.57 Å². The summed E-state index contributed by atoms with van der Waals surface area (Å²) in [7, 11) is 0. The molecule has 5 heteroatoms. The van der Waals surface area contributed by atoms with Crippen LogP contribution < -0.4 is 4.90 Å². The first kappa shape index (κ1) is 13.8. The Labute approximate surface area is 123 Å². The van der Waals surface area contributed by atoms with Gasteiger partial charge in [0.2, 0.25) is 11.8 Å². The molecule has 21 heavy (non-hydrogen) atoms. The fourth-order valence-corrected chi connectivity index (χ4v) is 2.86. The van der Waals surface area contributed by atoms with Gasteiger partial charge in [0.05, 0.1) is 5.69 Å². The summed E-state index contributed by atoms with van der Waals surface area (Å²) < 4.78 is 14.3. The van der Waals surface area contributed by atoms with Crippen LogP contribution >= 0.6 is 0 Å². The molecule has 2 heterocycles. The Bertz CT molecular complexity index is 614. The second-order valence-corrected chi connectivity index (χ2v) is 5.42. The van der Waals surface area contributed by atoms with Crippen molar-refractivity contribution >= 4 is 5.69 Å². The fraction of sp³-hybridized carbons (Fsp3) is 0.375. The van der Waals surface area contributed by atoms with Crippen LogP contribution in [0.15, 0.2) is 30.3 Å². The van der Waals surface area contributed by atoms with Crippen molar-refractivity contribution in [3.63, 3.8) is 0 Å². The van der Waals surface area contributed by atoms with Gasteiger partial charge in [-0.25, -0.2) is 8.96 Å². The van der Waals surface area contributed by atoms with E-state index in [4.69, 9.17) is 0 Å². The maximum Gasteiger partial charge on any atom is 0.223 e. The van der Waals surface area contributed by atoms with Crippen LogP contribution in [0, 0.1) is 5.82 Å².